The molecule has 0 spiro atoms. The fourth-order valence-corrected chi connectivity index (χ4v) is 5.66. The minimum Gasteiger partial charge on any atom is -0.482 e. The number of hydrogen-bond donors (Lipinski definition) is 1. The third-order valence-corrected chi connectivity index (χ3v) is 6.24. The summed E-state index contributed by atoms with van der Waals surface area (Å²) >= 11 is 12.0. The highest BCUT2D eigenvalue weighted by atomic mass is 35.5. The first-order valence-corrected chi connectivity index (χ1v) is 9.16. The van der Waals surface area contributed by atoms with Gasteiger partial charge in [-0.05, 0) is 68.4 Å². The molecular weight excluding hydrogens is 333 g/mol. The van der Waals surface area contributed by atoms with Crippen molar-refractivity contribution < 1.29 is 9.53 Å². The van der Waals surface area contributed by atoms with Crippen LogP contribution in [0.4, 0.5) is 0 Å². The Kier molecular flexibility index (Phi) is 3.97. The number of nitrogens with one attached hydrogen (secondary N) is 1. The Morgan fingerprint density at radius 1 is 1.13 bits per heavy atom. The lowest BCUT2D eigenvalue weighted by Crippen LogP contribution is -2.60. The zero-order valence-corrected chi connectivity index (χ0v) is 14.5. The summed E-state index contributed by atoms with van der Waals surface area (Å²) in [6.07, 6.45) is 7.52. The van der Waals surface area contributed by atoms with Gasteiger partial charge in [0.2, 0.25) is 0 Å². The van der Waals surface area contributed by atoms with Gasteiger partial charge in [-0.1, -0.05) is 23.2 Å². The second-order valence-electron chi connectivity index (χ2n) is 7.61. The van der Waals surface area contributed by atoms with Crippen molar-refractivity contribution in [1.29, 1.82) is 0 Å². The zero-order valence-electron chi connectivity index (χ0n) is 13.0. The van der Waals surface area contributed by atoms with Crippen molar-refractivity contribution in [3.63, 3.8) is 0 Å². The predicted octanol–water partition coefficient (Wildman–Crippen LogP) is 4.46. The van der Waals surface area contributed by atoms with E-state index in [1.165, 1.54) is 19.3 Å². The second-order valence-corrected chi connectivity index (χ2v) is 8.45. The number of ether oxygens (including phenoxy) is 1. The Morgan fingerprint density at radius 2 is 1.74 bits per heavy atom. The molecule has 1 aromatic carbocycles. The summed E-state index contributed by atoms with van der Waals surface area (Å²) in [5.74, 6) is 2.84. The van der Waals surface area contributed by atoms with Crippen LogP contribution in [0.3, 0.4) is 0 Å². The first-order valence-electron chi connectivity index (χ1n) is 8.40. The Hall–Kier alpha value is -0.930. The molecule has 0 saturated heterocycles. The molecule has 1 amide bonds. The van der Waals surface area contributed by atoms with E-state index in [0.717, 1.165) is 37.0 Å². The van der Waals surface area contributed by atoms with E-state index in [2.05, 4.69) is 5.32 Å². The number of carbonyl (C=O) groups excluding carboxylic acids is 1. The van der Waals surface area contributed by atoms with E-state index in [4.69, 9.17) is 27.9 Å². The van der Waals surface area contributed by atoms with Crippen molar-refractivity contribution in [3.8, 4) is 5.75 Å². The van der Waals surface area contributed by atoms with Gasteiger partial charge >= 0.3 is 0 Å². The highest BCUT2D eigenvalue weighted by molar-refractivity contribution is 6.34. The highest BCUT2D eigenvalue weighted by Gasteiger charge is 2.51. The first kappa shape index (κ1) is 15.6. The van der Waals surface area contributed by atoms with E-state index >= 15 is 0 Å². The van der Waals surface area contributed by atoms with Crippen LogP contribution in [0.1, 0.15) is 38.5 Å². The molecule has 0 heterocycles. The number of benzene rings is 1. The van der Waals surface area contributed by atoms with Crippen molar-refractivity contribution in [1.82, 2.24) is 5.32 Å². The van der Waals surface area contributed by atoms with Crippen LogP contribution in [0.25, 0.3) is 0 Å². The predicted molar refractivity (Wildman–Crippen MR) is 91.0 cm³/mol. The van der Waals surface area contributed by atoms with Crippen LogP contribution in [0, 0.1) is 17.8 Å². The maximum absolute atomic E-state index is 12.4. The first-order chi connectivity index (χ1) is 11.0. The quantitative estimate of drug-likeness (QED) is 0.867. The van der Waals surface area contributed by atoms with Crippen LogP contribution < -0.4 is 10.1 Å². The van der Waals surface area contributed by atoms with Gasteiger partial charge in [0.15, 0.2) is 6.61 Å². The van der Waals surface area contributed by atoms with Crippen LogP contribution in [-0.2, 0) is 4.79 Å². The van der Waals surface area contributed by atoms with E-state index in [0.29, 0.717) is 15.8 Å². The third-order valence-electron chi connectivity index (χ3n) is 5.69. The van der Waals surface area contributed by atoms with Gasteiger partial charge in [0.05, 0.1) is 5.02 Å². The van der Waals surface area contributed by atoms with Crippen LogP contribution in [0.15, 0.2) is 18.2 Å². The van der Waals surface area contributed by atoms with Gasteiger partial charge in [0.1, 0.15) is 5.75 Å². The lowest BCUT2D eigenvalue weighted by atomic mass is 9.53. The van der Waals surface area contributed by atoms with Crippen LogP contribution in [-0.4, -0.2) is 18.1 Å². The van der Waals surface area contributed by atoms with Gasteiger partial charge in [0.25, 0.3) is 5.91 Å². The topological polar surface area (TPSA) is 38.3 Å². The molecule has 0 radical (unpaired) electrons. The summed E-state index contributed by atoms with van der Waals surface area (Å²) in [5.41, 5.74) is 0.0212. The molecule has 4 aliphatic rings. The average molecular weight is 354 g/mol. The number of carbonyl (C=O) groups is 1. The van der Waals surface area contributed by atoms with E-state index < -0.39 is 0 Å². The summed E-state index contributed by atoms with van der Waals surface area (Å²) in [5, 5.41) is 4.31. The molecule has 4 aliphatic carbocycles. The Bertz CT molecular complexity index is 596. The Balaban J connectivity index is 1.38. The average Bonchev–Trinajstić information content (AvgIpc) is 2.46. The van der Waals surface area contributed by atoms with E-state index in [-0.39, 0.29) is 18.1 Å². The van der Waals surface area contributed by atoms with Gasteiger partial charge in [-0.15, -0.1) is 0 Å². The van der Waals surface area contributed by atoms with Crippen molar-refractivity contribution in [2.75, 3.05) is 6.61 Å². The lowest BCUT2D eigenvalue weighted by Gasteiger charge is -2.56. The molecule has 124 valence electrons. The number of hydrogen-bond acceptors (Lipinski definition) is 2. The molecule has 0 aromatic heterocycles. The summed E-state index contributed by atoms with van der Waals surface area (Å²) in [4.78, 5) is 12.4. The molecule has 3 nitrogen and oxygen atoms in total. The molecule has 1 aromatic rings. The Labute approximate surface area is 146 Å². The normalized spacial score (nSPS) is 34.4. The van der Waals surface area contributed by atoms with Crippen molar-refractivity contribution in [2.24, 2.45) is 17.8 Å². The minimum atomic E-state index is -0.0528. The lowest BCUT2D eigenvalue weighted by molar-refractivity contribution is -0.128. The highest BCUT2D eigenvalue weighted by Crippen LogP contribution is 2.55. The van der Waals surface area contributed by atoms with Gasteiger partial charge in [-0.2, -0.15) is 0 Å². The fourth-order valence-electron chi connectivity index (χ4n) is 5.33. The molecule has 4 bridgehead atoms. The van der Waals surface area contributed by atoms with Gasteiger partial charge in [-0.3, -0.25) is 4.79 Å². The smallest absolute Gasteiger partial charge is 0.258 e. The number of halogens is 2. The van der Waals surface area contributed by atoms with Gasteiger partial charge < -0.3 is 10.1 Å². The maximum atomic E-state index is 12.4. The monoisotopic (exact) mass is 353 g/mol. The minimum absolute atomic E-state index is 0.0121. The number of amides is 1. The zero-order chi connectivity index (χ0) is 16.0. The van der Waals surface area contributed by atoms with E-state index in [1.54, 1.807) is 18.2 Å². The molecule has 23 heavy (non-hydrogen) atoms. The van der Waals surface area contributed by atoms with Crippen LogP contribution in [0.2, 0.25) is 10.0 Å². The van der Waals surface area contributed by atoms with Crippen LogP contribution >= 0.6 is 23.2 Å². The molecule has 5 rings (SSSR count). The molecule has 4 saturated carbocycles. The van der Waals surface area contributed by atoms with Crippen molar-refractivity contribution in [2.45, 2.75) is 44.1 Å². The van der Waals surface area contributed by atoms with Crippen molar-refractivity contribution >= 4 is 29.1 Å². The standard InChI is InChI=1S/C18H21Cl2NO2/c19-14-1-2-15(20)16(6-14)23-10-17(22)21-18-7-11-3-12(8-18)5-13(4-11)9-18/h1-2,6,11-13H,3-5,7-10H2,(H,21,22). The summed E-state index contributed by atoms with van der Waals surface area (Å²) in [6.45, 7) is -0.0121. The second kappa shape index (κ2) is 5.86. The largest absolute Gasteiger partial charge is 0.482 e. The summed E-state index contributed by atoms with van der Waals surface area (Å²) in [6, 6.07) is 5.02. The summed E-state index contributed by atoms with van der Waals surface area (Å²) < 4.78 is 5.56. The van der Waals surface area contributed by atoms with E-state index in [9.17, 15) is 4.79 Å². The molecule has 0 atom stereocenters. The number of rotatable bonds is 4. The molecule has 4 fully saturated rings. The SMILES string of the molecule is O=C(COc1cc(Cl)ccc1Cl)NC12CC3CC(CC(C3)C1)C2. The third kappa shape index (κ3) is 3.18. The fraction of sp³-hybridized carbons (Fsp3) is 0.611. The molecule has 5 heteroatoms. The molecule has 0 unspecified atom stereocenters. The van der Waals surface area contributed by atoms with Crippen molar-refractivity contribution in [3.05, 3.63) is 28.2 Å². The molecular formula is C18H21Cl2NO2. The van der Waals surface area contributed by atoms with E-state index in [1.807, 2.05) is 0 Å². The molecule has 0 aliphatic heterocycles. The molecule has 1 N–H and O–H groups in total. The van der Waals surface area contributed by atoms with Gasteiger partial charge in [-0.25, -0.2) is 0 Å². The maximum Gasteiger partial charge on any atom is 0.258 e. The summed E-state index contributed by atoms with van der Waals surface area (Å²) in [7, 11) is 0. The van der Waals surface area contributed by atoms with Crippen LogP contribution in [0.5, 0.6) is 5.75 Å². The van der Waals surface area contributed by atoms with Gasteiger partial charge in [0, 0.05) is 16.6 Å². The Morgan fingerprint density at radius 3 is 2.35 bits per heavy atom.